The van der Waals surface area contributed by atoms with Crippen LogP contribution in [0, 0.1) is 0 Å². The van der Waals surface area contributed by atoms with Crippen LogP contribution in [0.4, 0.5) is 0 Å². The summed E-state index contributed by atoms with van der Waals surface area (Å²) in [6.07, 6.45) is 0. The zero-order valence-electron chi connectivity index (χ0n) is 7.92. The molecule has 10 heavy (non-hydrogen) atoms. The van der Waals surface area contributed by atoms with Crippen LogP contribution in [0.2, 0.25) is 0 Å². The summed E-state index contributed by atoms with van der Waals surface area (Å²) >= 11 is 0. The summed E-state index contributed by atoms with van der Waals surface area (Å²) in [4.78, 5) is 2.36. The molecule has 0 aromatic rings. The summed E-state index contributed by atoms with van der Waals surface area (Å²) in [6, 6.07) is 0. The highest BCUT2D eigenvalue weighted by atomic mass is 15.1. The van der Waals surface area contributed by atoms with E-state index in [4.69, 9.17) is 5.53 Å². The van der Waals surface area contributed by atoms with E-state index >= 15 is 0 Å². The van der Waals surface area contributed by atoms with Gasteiger partial charge in [-0.15, -0.1) is 0 Å². The van der Waals surface area contributed by atoms with Gasteiger partial charge >= 0.3 is 0 Å². The summed E-state index contributed by atoms with van der Waals surface area (Å²) in [5.74, 6) is 0. The molecular formula is C6H20N4. The Kier molecular flexibility index (Phi) is 619. The maximum Gasteiger partial charge on any atom is 0.0139 e. The Morgan fingerprint density at radius 2 is 1.20 bits per heavy atom. The summed E-state index contributed by atoms with van der Waals surface area (Å²) in [5, 5.41) is 2.92. The predicted molar refractivity (Wildman–Crippen MR) is 47.9 cm³/mol. The first-order chi connectivity index (χ1) is 4.91. The van der Waals surface area contributed by atoms with Crippen LogP contribution < -0.4 is 5.73 Å². The van der Waals surface area contributed by atoms with E-state index in [-0.39, 0.29) is 0 Å². The lowest BCUT2D eigenvalue weighted by Gasteiger charge is -1.35. The zero-order valence-corrected chi connectivity index (χ0v) is 7.92. The van der Waals surface area contributed by atoms with Crippen molar-refractivity contribution in [2.24, 2.45) is 10.8 Å². The molecule has 0 amide bonds. The van der Waals surface area contributed by atoms with Gasteiger partial charge in [0.25, 0.3) is 0 Å². The molecule has 64 valence electrons. The average molecular weight is 148 g/mol. The minimum Gasteiger partial charge on any atom is -0.333 e. The van der Waals surface area contributed by atoms with Crippen molar-refractivity contribution < 1.29 is 0 Å². The van der Waals surface area contributed by atoms with Gasteiger partial charge < -0.3 is 5.73 Å². The normalized spacial score (nSPS) is 3.50. The van der Waals surface area contributed by atoms with E-state index in [1.54, 1.807) is 0 Å². The fourth-order valence-corrected chi connectivity index (χ4v) is 0. The van der Waals surface area contributed by atoms with Crippen LogP contribution in [0.3, 0.4) is 0 Å². The minimum atomic E-state index is 1.39. The van der Waals surface area contributed by atoms with Gasteiger partial charge in [0.1, 0.15) is 0 Å². The Labute approximate surface area is 64.1 Å². The standard InChI is InChI=1S/2C2H6.CH3N3.CH5N/c2*1-2;1-3-4-2;1-2/h2*1-2H3;1H3;2H2,1H3. The van der Waals surface area contributed by atoms with Gasteiger partial charge in [-0.1, -0.05) is 32.8 Å². The molecular weight excluding hydrogens is 128 g/mol. The average Bonchev–Trinajstić information content (AvgIpc) is 2.14. The molecule has 0 rings (SSSR count). The maximum absolute atomic E-state index is 7.33. The molecule has 4 nitrogen and oxygen atoms in total. The molecule has 0 aliphatic rings. The molecule has 0 radical (unpaired) electrons. The molecule has 2 N–H and O–H groups in total. The van der Waals surface area contributed by atoms with Gasteiger partial charge in [-0.2, -0.15) is 0 Å². The van der Waals surface area contributed by atoms with Crippen LogP contribution in [0.25, 0.3) is 10.4 Å². The minimum absolute atomic E-state index is 1.39. The molecule has 0 saturated carbocycles. The third-order valence-electron chi connectivity index (χ3n) is 0.0894. The molecule has 0 unspecified atom stereocenters. The SMILES string of the molecule is CC.CC.CN.CN=[N+]=[N-]. The molecule has 4 heteroatoms. The lowest BCUT2D eigenvalue weighted by atomic mass is 11.0. The first-order valence-corrected chi connectivity index (χ1v) is 3.42. The third kappa shape index (κ3) is 3920. The third-order valence-corrected chi connectivity index (χ3v) is 0.0894. The van der Waals surface area contributed by atoms with Crippen molar-refractivity contribution in [2.45, 2.75) is 27.7 Å². The Balaban J connectivity index is -0.0000000262. The van der Waals surface area contributed by atoms with Crippen LogP contribution >= 0.6 is 0 Å². The van der Waals surface area contributed by atoms with E-state index in [2.05, 4.69) is 15.8 Å². The van der Waals surface area contributed by atoms with E-state index in [1.165, 1.54) is 14.1 Å². The molecule has 0 saturated heterocycles. The smallest absolute Gasteiger partial charge is 0.0139 e. The number of nitrogens with zero attached hydrogens (tertiary/aromatic N) is 3. The highest BCUT2D eigenvalue weighted by Crippen LogP contribution is 1.46. The lowest BCUT2D eigenvalue weighted by molar-refractivity contribution is 1.40. The summed E-state index contributed by atoms with van der Waals surface area (Å²) in [7, 11) is 2.89. The summed E-state index contributed by atoms with van der Waals surface area (Å²) in [6.45, 7) is 8.00. The highest BCUT2D eigenvalue weighted by Gasteiger charge is 1.27. The summed E-state index contributed by atoms with van der Waals surface area (Å²) < 4.78 is 0. The molecule has 0 atom stereocenters. The van der Waals surface area contributed by atoms with E-state index in [0.717, 1.165) is 0 Å². The molecule has 0 heterocycles. The zero-order chi connectivity index (χ0) is 9.41. The van der Waals surface area contributed by atoms with Crippen molar-refractivity contribution in [2.75, 3.05) is 14.1 Å². The van der Waals surface area contributed by atoms with E-state index in [9.17, 15) is 0 Å². The van der Waals surface area contributed by atoms with Gasteiger partial charge in [0.15, 0.2) is 0 Å². The van der Waals surface area contributed by atoms with Gasteiger partial charge in [-0.3, -0.25) is 0 Å². The van der Waals surface area contributed by atoms with Gasteiger partial charge in [0, 0.05) is 12.0 Å². The summed E-state index contributed by atoms with van der Waals surface area (Å²) in [5.41, 5.74) is 11.8. The Morgan fingerprint density at radius 3 is 1.20 bits per heavy atom. The van der Waals surface area contributed by atoms with Gasteiger partial charge in [-0.05, 0) is 12.6 Å². The van der Waals surface area contributed by atoms with Gasteiger partial charge in [0.05, 0.1) is 0 Å². The van der Waals surface area contributed by atoms with E-state index in [1.807, 2.05) is 27.7 Å². The maximum atomic E-state index is 7.33. The van der Waals surface area contributed by atoms with Gasteiger partial charge in [-0.25, -0.2) is 0 Å². The fourth-order valence-electron chi connectivity index (χ4n) is 0. The molecule has 0 aromatic carbocycles. The van der Waals surface area contributed by atoms with Crippen LogP contribution in [0.15, 0.2) is 5.11 Å². The van der Waals surface area contributed by atoms with Crippen molar-refractivity contribution in [1.82, 2.24) is 0 Å². The second-order valence-electron chi connectivity index (χ2n) is 0.289. The van der Waals surface area contributed by atoms with Crippen molar-refractivity contribution in [1.29, 1.82) is 0 Å². The highest BCUT2D eigenvalue weighted by molar-refractivity contribution is 4.30. The molecule has 0 aromatic heterocycles. The second kappa shape index (κ2) is 271. The van der Waals surface area contributed by atoms with Crippen molar-refractivity contribution in [3.63, 3.8) is 0 Å². The monoisotopic (exact) mass is 148 g/mol. The van der Waals surface area contributed by atoms with Gasteiger partial charge in [0.2, 0.25) is 0 Å². The van der Waals surface area contributed by atoms with Crippen molar-refractivity contribution in [3.05, 3.63) is 10.4 Å². The Bertz CT molecular complexity index is 47.7. The molecule has 0 fully saturated rings. The largest absolute Gasteiger partial charge is 0.333 e. The fraction of sp³-hybridized carbons (Fsp3) is 1.00. The Morgan fingerprint density at radius 1 is 1.10 bits per heavy atom. The van der Waals surface area contributed by atoms with Crippen LogP contribution in [-0.4, -0.2) is 14.1 Å². The van der Waals surface area contributed by atoms with Crippen molar-refractivity contribution in [3.8, 4) is 0 Å². The lowest BCUT2D eigenvalue weighted by Crippen LogP contribution is -1.69. The van der Waals surface area contributed by atoms with Crippen molar-refractivity contribution >= 4 is 0 Å². The van der Waals surface area contributed by atoms with E-state index in [0.29, 0.717) is 0 Å². The number of azide groups is 1. The molecule has 0 spiro atoms. The number of rotatable bonds is 0. The first kappa shape index (κ1) is 22.8. The second-order valence-corrected chi connectivity index (χ2v) is 0.289. The quantitative estimate of drug-likeness (QED) is 0.320. The van der Waals surface area contributed by atoms with Crippen LogP contribution in [0.5, 0.6) is 0 Å². The number of hydrogen-bond acceptors (Lipinski definition) is 2. The topological polar surface area (TPSA) is 74.8 Å². The molecule has 0 aliphatic heterocycles. The number of hydrogen-bond donors (Lipinski definition) is 1. The van der Waals surface area contributed by atoms with E-state index < -0.39 is 0 Å². The number of nitrogens with two attached hydrogens (primary N) is 1. The van der Waals surface area contributed by atoms with Crippen LogP contribution in [-0.2, 0) is 0 Å². The molecule has 0 aliphatic carbocycles. The first-order valence-electron chi connectivity index (χ1n) is 3.42. The van der Waals surface area contributed by atoms with Crippen LogP contribution in [0.1, 0.15) is 27.7 Å². The molecule has 0 bridgehead atoms. The predicted octanol–water partition coefficient (Wildman–Crippen LogP) is 2.55. The Hall–Kier alpha value is -0.730.